The first-order valence-electron chi connectivity index (χ1n) is 9.52. The van der Waals surface area contributed by atoms with Crippen molar-refractivity contribution in [3.05, 3.63) is 58.1 Å². The number of carbonyl (C=O) groups is 1. The number of ether oxygens (including phenoxy) is 3. The molecule has 0 saturated carbocycles. The minimum Gasteiger partial charge on any atom is -0.496 e. The van der Waals surface area contributed by atoms with Gasteiger partial charge in [-0.2, -0.15) is 0 Å². The van der Waals surface area contributed by atoms with E-state index in [1.807, 2.05) is 31.2 Å². The number of rotatable bonds is 7. The highest BCUT2D eigenvalue weighted by atomic mass is 35.5. The third-order valence-corrected chi connectivity index (χ3v) is 5.27. The van der Waals surface area contributed by atoms with Crippen LogP contribution in [0.25, 0.3) is 0 Å². The highest BCUT2D eigenvalue weighted by Gasteiger charge is 2.38. The zero-order valence-corrected chi connectivity index (χ0v) is 17.2. The Hall–Kier alpha value is -2.12. The lowest BCUT2D eigenvalue weighted by molar-refractivity contribution is -0.163. The Labute approximate surface area is 175 Å². The predicted molar refractivity (Wildman–Crippen MR) is 109 cm³/mol. The fraction of sp³-hybridized carbons (Fsp3) is 0.409. The predicted octanol–water partition coefficient (Wildman–Crippen LogP) is 3.09. The summed E-state index contributed by atoms with van der Waals surface area (Å²) in [4.78, 5) is 12.2. The van der Waals surface area contributed by atoms with E-state index in [1.54, 1.807) is 12.1 Å². The van der Waals surface area contributed by atoms with E-state index in [4.69, 9.17) is 25.8 Å². The van der Waals surface area contributed by atoms with Crippen LogP contribution in [0, 0.1) is 0 Å². The van der Waals surface area contributed by atoms with Gasteiger partial charge in [0, 0.05) is 17.0 Å². The third kappa shape index (κ3) is 4.90. The van der Waals surface area contributed by atoms with E-state index in [0.29, 0.717) is 29.4 Å². The molecule has 0 bridgehead atoms. The molecule has 7 heteroatoms. The number of ketones is 1. The van der Waals surface area contributed by atoms with E-state index in [9.17, 15) is 15.0 Å². The standard InChI is InChI=1S/C22H25ClO6/c1-3-28-15-6-4-13(5-7-15)8-14-9-17(20(27-2)11-18(14)23)22-21(26)19(25)10-16(12-24)29-22/h4-7,9,11,16,21-22,24,26H,3,8,10,12H2,1-2H3/t16-,21?,22-/m0/s1. The van der Waals surface area contributed by atoms with Crippen LogP contribution in [0.4, 0.5) is 0 Å². The molecule has 6 nitrogen and oxygen atoms in total. The first-order valence-corrected chi connectivity index (χ1v) is 9.89. The van der Waals surface area contributed by atoms with Gasteiger partial charge in [-0.1, -0.05) is 23.7 Å². The van der Waals surface area contributed by atoms with Gasteiger partial charge < -0.3 is 24.4 Å². The number of carbonyl (C=O) groups excluding carboxylic acids is 1. The number of hydrogen-bond acceptors (Lipinski definition) is 6. The van der Waals surface area contributed by atoms with E-state index in [2.05, 4.69) is 0 Å². The lowest BCUT2D eigenvalue weighted by Crippen LogP contribution is -2.41. The molecule has 1 fully saturated rings. The Morgan fingerprint density at radius 1 is 1.24 bits per heavy atom. The normalized spacial score (nSPS) is 21.8. The lowest BCUT2D eigenvalue weighted by Gasteiger charge is -2.33. The molecule has 0 aliphatic carbocycles. The van der Waals surface area contributed by atoms with Gasteiger partial charge in [0.05, 0.1) is 26.4 Å². The van der Waals surface area contributed by atoms with Crippen molar-refractivity contribution in [3.63, 3.8) is 0 Å². The van der Waals surface area contributed by atoms with Crippen LogP contribution in [-0.2, 0) is 16.0 Å². The summed E-state index contributed by atoms with van der Waals surface area (Å²) in [6.45, 7) is 2.23. The molecule has 1 heterocycles. The zero-order chi connectivity index (χ0) is 21.0. The van der Waals surface area contributed by atoms with Crippen molar-refractivity contribution in [1.29, 1.82) is 0 Å². The van der Waals surface area contributed by atoms with E-state index in [0.717, 1.165) is 16.9 Å². The number of aliphatic hydroxyl groups excluding tert-OH is 2. The van der Waals surface area contributed by atoms with Crippen LogP contribution in [0.3, 0.4) is 0 Å². The van der Waals surface area contributed by atoms with E-state index in [-0.39, 0.29) is 18.8 Å². The largest absolute Gasteiger partial charge is 0.496 e. The quantitative estimate of drug-likeness (QED) is 0.716. The van der Waals surface area contributed by atoms with Crippen molar-refractivity contribution >= 4 is 17.4 Å². The molecule has 1 unspecified atom stereocenters. The van der Waals surface area contributed by atoms with E-state index in [1.165, 1.54) is 7.11 Å². The van der Waals surface area contributed by atoms with Gasteiger partial charge in [-0.25, -0.2) is 0 Å². The number of benzene rings is 2. The highest BCUT2D eigenvalue weighted by molar-refractivity contribution is 6.31. The summed E-state index contributed by atoms with van der Waals surface area (Å²) in [5.41, 5.74) is 2.36. The van der Waals surface area contributed by atoms with E-state index < -0.39 is 18.3 Å². The molecule has 0 aromatic heterocycles. The van der Waals surface area contributed by atoms with Crippen LogP contribution in [0.5, 0.6) is 11.5 Å². The van der Waals surface area contributed by atoms with Crippen LogP contribution in [0.15, 0.2) is 36.4 Å². The number of hydrogen-bond donors (Lipinski definition) is 2. The molecule has 2 aromatic rings. The molecule has 0 radical (unpaired) electrons. The van der Waals surface area contributed by atoms with Crippen molar-refractivity contribution in [1.82, 2.24) is 0 Å². The van der Waals surface area contributed by atoms with Gasteiger partial charge in [0.1, 0.15) is 23.7 Å². The van der Waals surface area contributed by atoms with Gasteiger partial charge in [0.25, 0.3) is 0 Å². The van der Waals surface area contributed by atoms with Gasteiger partial charge >= 0.3 is 0 Å². The Morgan fingerprint density at radius 3 is 2.59 bits per heavy atom. The van der Waals surface area contributed by atoms with Crippen molar-refractivity contribution in [3.8, 4) is 11.5 Å². The molecule has 2 N–H and O–H groups in total. The molecule has 0 spiro atoms. The van der Waals surface area contributed by atoms with Crippen molar-refractivity contribution < 1.29 is 29.2 Å². The van der Waals surface area contributed by atoms with Crippen LogP contribution in [-0.4, -0.2) is 48.5 Å². The molecule has 1 aliphatic heterocycles. The van der Waals surface area contributed by atoms with Crippen LogP contribution < -0.4 is 9.47 Å². The molecular weight excluding hydrogens is 396 g/mol. The minimum atomic E-state index is -1.33. The molecule has 1 saturated heterocycles. The molecule has 0 amide bonds. The zero-order valence-electron chi connectivity index (χ0n) is 16.4. The second-order valence-corrected chi connectivity index (χ2v) is 7.32. The van der Waals surface area contributed by atoms with Crippen LogP contribution in [0.2, 0.25) is 5.02 Å². The lowest BCUT2D eigenvalue weighted by atomic mass is 9.92. The second-order valence-electron chi connectivity index (χ2n) is 6.92. The smallest absolute Gasteiger partial charge is 0.166 e. The Morgan fingerprint density at radius 2 is 1.97 bits per heavy atom. The summed E-state index contributed by atoms with van der Waals surface area (Å²) in [7, 11) is 1.49. The number of halogens is 1. The second kappa shape index (κ2) is 9.59. The Kier molecular flexibility index (Phi) is 7.14. The van der Waals surface area contributed by atoms with Crippen molar-refractivity contribution in [2.24, 2.45) is 0 Å². The maximum atomic E-state index is 12.2. The van der Waals surface area contributed by atoms with Crippen molar-refractivity contribution in [2.45, 2.75) is 38.1 Å². The van der Waals surface area contributed by atoms with Crippen LogP contribution in [0.1, 0.15) is 36.1 Å². The fourth-order valence-electron chi connectivity index (χ4n) is 3.44. The van der Waals surface area contributed by atoms with Gasteiger partial charge in [-0.3, -0.25) is 4.79 Å². The van der Waals surface area contributed by atoms with Gasteiger partial charge in [-0.05, 0) is 48.7 Å². The molecule has 2 aromatic carbocycles. The average molecular weight is 421 g/mol. The molecular formula is C22H25ClO6. The summed E-state index contributed by atoms with van der Waals surface area (Å²) in [5, 5.41) is 20.3. The Bertz CT molecular complexity index is 851. The fourth-order valence-corrected chi connectivity index (χ4v) is 3.66. The monoisotopic (exact) mass is 420 g/mol. The molecule has 156 valence electrons. The van der Waals surface area contributed by atoms with Gasteiger partial charge in [0.15, 0.2) is 5.78 Å². The van der Waals surface area contributed by atoms with E-state index >= 15 is 0 Å². The average Bonchev–Trinajstić information content (AvgIpc) is 2.72. The SMILES string of the molecule is CCOc1ccc(Cc2cc([C@@H]3O[C@H](CO)CC(=O)C3O)c(OC)cc2Cl)cc1. The Balaban J connectivity index is 1.92. The first kappa shape index (κ1) is 21.6. The summed E-state index contributed by atoms with van der Waals surface area (Å²) in [6.07, 6.45) is -2.40. The maximum absolute atomic E-state index is 12.2. The molecule has 29 heavy (non-hydrogen) atoms. The van der Waals surface area contributed by atoms with Crippen LogP contribution >= 0.6 is 11.6 Å². The molecule has 1 aliphatic rings. The summed E-state index contributed by atoms with van der Waals surface area (Å²) in [5.74, 6) is 0.844. The van der Waals surface area contributed by atoms with Crippen molar-refractivity contribution in [2.75, 3.05) is 20.3 Å². The topological polar surface area (TPSA) is 85.2 Å². The summed E-state index contributed by atoms with van der Waals surface area (Å²) < 4.78 is 16.7. The number of Topliss-reactive ketones (excluding diaryl/α,β-unsaturated/α-hetero) is 1. The minimum absolute atomic E-state index is 0.0247. The molecule has 3 rings (SSSR count). The summed E-state index contributed by atoms with van der Waals surface area (Å²) in [6, 6.07) is 11.2. The molecule has 3 atom stereocenters. The number of aliphatic hydroxyl groups is 2. The first-order chi connectivity index (χ1) is 14.0. The number of methoxy groups -OCH3 is 1. The van der Waals surface area contributed by atoms with Gasteiger partial charge in [-0.15, -0.1) is 0 Å². The highest BCUT2D eigenvalue weighted by Crippen LogP contribution is 2.38. The summed E-state index contributed by atoms with van der Waals surface area (Å²) >= 11 is 6.46. The maximum Gasteiger partial charge on any atom is 0.166 e. The van der Waals surface area contributed by atoms with Gasteiger partial charge in [0.2, 0.25) is 0 Å². The third-order valence-electron chi connectivity index (χ3n) is 4.92.